The van der Waals surface area contributed by atoms with Crippen molar-refractivity contribution in [1.82, 2.24) is 0 Å². The summed E-state index contributed by atoms with van der Waals surface area (Å²) in [4.78, 5) is 27.8. The summed E-state index contributed by atoms with van der Waals surface area (Å²) in [6, 6.07) is 0. The van der Waals surface area contributed by atoms with Gasteiger partial charge in [0.2, 0.25) is 6.29 Å². The third kappa shape index (κ3) is 11.4. The maximum Gasteiger partial charge on any atom is 0.335 e. The number of aliphatic hydroxyl groups is 14. The first kappa shape index (κ1) is 67.6. The Morgan fingerprint density at radius 3 is 1.70 bits per heavy atom. The molecule has 4 saturated carbocycles. The van der Waals surface area contributed by atoms with Gasteiger partial charge in [0.1, 0.15) is 104 Å². The maximum absolute atomic E-state index is 15.2. The highest BCUT2D eigenvalue weighted by molar-refractivity contribution is 5.79. The van der Waals surface area contributed by atoms with Gasteiger partial charge in [-0.25, -0.2) is 4.79 Å². The number of carbonyl (C=O) groups excluding carboxylic acids is 1. The summed E-state index contributed by atoms with van der Waals surface area (Å²) in [6.45, 7) is 17.0. The monoisotopic (exact) mass is 1250 g/mol. The Labute approximate surface area is 505 Å². The summed E-state index contributed by atoms with van der Waals surface area (Å²) in [6.07, 6.45) is -33.4. The maximum atomic E-state index is 15.2. The summed E-state index contributed by atoms with van der Waals surface area (Å²) < 4.78 is 58.8. The Kier molecular flexibility index (Phi) is 19.1. The van der Waals surface area contributed by atoms with E-state index in [0.717, 1.165) is 12.8 Å². The van der Waals surface area contributed by atoms with Crippen molar-refractivity contribution in [3.63, 3.8) is 0 Å². The van der Waals surface area contributed by atoms with E-state index < -0.39 is 201 Å². The minimum atomic E-state index is -1.95. The number of carboxylic acids is 1. The lowest BCUT2D eigenvalue weighted by atomic mass is 9.33. The minimum Gasteiger partial charge on any atom is -0.479 e. The second-order valence-corrected chi connectivity index (χ2v) is 29.1. The fourth-order valence-electron chi connectivity index (χ4n) is 17.8. The molecule has 0 bridgehead atoms. The Hall–Kier alpha value is -2.24. The molecule has 87 heavy (non-hydrogen) atoms. The van der Waals surface area contributed by atoms with Crippen LogP contribution in [0.3, 0.4) is 0 Å². The van der Waals surface area contributed by atoms with Crippen LogP contribution in [0.25, 0.3) is 0 Å². The van der Waals surface area contributed by atoms with Gasteiger partial charge in [-0.2, -0.15) is 0 Å². The smallest absolute Gasteiger partial charge is 0.335 e. The molecule has 0 aromatic rings. The summed E-state index contributed by atoms with van der Waals surface area (Å²) in [7, 11) is 0. The van der Waals surface area contributed by atoms with Gasteiger partial charge >= 0.3 is 11.9 Å². The second-order valence-electron chi connectivity index (χ2n) is 29.1. The lowest BCUT2D eigenvalue weighted by Gasteiger charge is -2.71. The number of aliphatic carboxylic acids is 1. The van der Waals surface area contributed by atoms with Crippen LogP contribution in [-0.4, -0.2) is 261 Å². The van der Waals surface area contributed by atoms with Gasteiger partial charge in [-0.3, -0.25) is 4.79 Å². The highest BCUT2D eigenvalue weighted by Crippen LogP contribution is 2.76. The molecule has 5 heterocycles. The van der Waals surface area contributed by atoms with E-state index in [2.05, 4.69) is 54.5 Å². The van der Waals surface area contributed by atoms with Gasteiger partial charge in [0.05, 0.1) is 36.9 Å². The molecule has 0 radical (unpaired) electrons. The quantitative estimate of drug-likeness (QED) is 0.0535. The van der Waals surface area contributed by atoms with E-state index in [9.17, 15) is 81.4 Å². The molecule has 27 heteroatoms. The molecule has 0 spiro atoms. The lowest BCUT2D eigenvalue weighted by Crippen LogP contribution is -2.67. The normalized spacial score (nSPS) is 54.0. The standard InChI is InChI=1S/C60H96O27/c1-23-32(62)35(65)39(69)50(79-23)84-45-27(21-61)81-49(42(72)38(45)68)78-22-28-34(64)37(67)41(71)52(82-28)87-54(77)60-18-16-55(3,4)20-26(60)25-10-11-30-57(7)14-13-31(56(5,6)29(57)12-15-59(30,9)58(25,8)17-19-60)83-53-44(74)46(43(73)47(86-53)48(75)76)85-51-40(70)36(66)33(63)24(2)80-51/h10,23-24,26-47,49-53,61-74H,11-22H2,1-9H3,(H,75,76)/t23-,24-,26-,27+,28+,29-,30+,31-,32-,33-,34+,35+,36+,37-,38+,39+,40+,41+,42+,43-,44+,45+,46-,47-,49+,50-,51-,52-,53+,57-,58+,59+,60-/m0/s1. The molecule has 27 nitrogen and oxygen atoms in total. The number of rotatable bonds is 13. The summed E-state index contributed by atoms with van der Waals surface area (Å²) in [5.41, 5.74) is -1.60. The van der Waals surface area contributed by atoms with E-state index >= 15 is 4.79 Å². The van der Waals surface area contributed by atoms with Crippen molar-refractivity contribution >= 4 is 11.9 Å². The van der Waals surface area contributed by atoms with Crippen molar-refractivity contribution in [1.29, 1.82) is 0 Å². The van der Waals surface area contributed by atoms with Crippen LogP contribution in [0.15, 0.2) is 11.6 Å². The van der Waals surface area contributed by atoms with Gasteiger partial charge in [-0.1, -0.05) is 60.1 Å². The largest absolute Gasteiger partial charge is 0.479 e. The van der Waals surface area contributed by atoms with Crippen molar-refractivity contribution in [3.8, 4) is 0 Å². The predicted octanol–water partition coefficient (Wildman–Crippen LogP) is -2.06. The van der Waals surface area contributed by atoms with Crippen molar-refractivity contribution < 1.29 is 134 Å². The van der Waals surface area contributed by atoms with E-state index in [0.29, 0.717) is 51.4 Å². The van der Waals surface area contributed by atoms with E-state index in [1.165, 1.54) is 19.4 Å². The number of hydrogen-bond acceptors (Lipinski definition) is 26. The van der Waals surface area contributed by atoms with Gasteiger partial charge in [-0.05, 0) is 123 Å². The van der Waals surface area contributed by atoms with Gasteiger partial charge in [0.25, 0.3) is 0 Å². The van der Waals surface area contributed by atoms with Crippen LogP contribution in [-0.2, 0) is 57.0 Å². The average Bonchev–Trinajstić information content (AvgIpc) is 0.707. The molecule has 498 valence electrons. The fourth-order valence-corrected chi connectivity index (χ4v) is 17.8. The third-order valence-electron chi connectivity index (χ3n) is 23.4. The SMILES string of the molecule is C[C@@H]1O[C@@H](O[C@@H]2[C@@H](O)[C@H](O[C@H]3CC[C@]4(C)[C@H]5CC=C6[C@@H]7CC(C)(C)CC[C@]7(C(=O)O[C@@H]7O[C@H](CO[C@@H]8O[C@H](CO)[C@@H](O[C@@H]9O[C@@H](C)[C@H](O)[C@@H](O)[C@H]9O)[C@H](O)[C@H]8O)[C@@H](O)[C@H](O)[C@H]7O)CC[C@@]6(C)[C@]5(C)CC[C@H]4C3(C)C)O[C@H](C(=O)O)[C@H]2O)[C@H](O)[C@H](O)[C@H]1O. The first-order chi connectivity index (χ1) is 40.6. The topological polar surface area (TPSA) is 430 Å². The fraction of sp³-hybridized carbons (Fsp3) is 0.933. The van der Waals surface area contributed by atoms with Gasteiger partial charge in [0.15, 0.2) is 31.3 Å². The zero-order valence-electron chi connectivity index (χ0n) is 50.9. The van der Waals surface area contributed by atoms with Crippen LogP contribution < -0.4 is 0 Å². The van der Waals surface area contributed by atoms with Crippen LogP contribution in [0.4, 0.5) is 0 Å². The number of carboxylic acid groups (broad SMARTS) is 1. The second kappa shape index (κ2) is 24.6. The van der Waals surface area contributed by atoms with Crippen LogP contribution in [0.1, 0.15) is 127 Å². The van der Waals surface area contributed by atoms with E-state index in [1.807, 2.05) is 0 Å². The van der Waals surface area contributed by atoms with E-state index in [1.54, 1.807) is 0 Å². The van der Waals surface area contributed by atoms with Crippen molar-refractivity contribution in [2.45, 2.75) is 286 Å². The highest BCUT2D eigenvalue weighted by atomic mass is 16.8. The molecular weight excluding hydrogens is 1150 g/mol. The number of carbonyl (C=O) groups is 2. The molecule has 9 fully saturated rings. The number of hydrogen-bond donors (Lipinski definition) is 15. The van der Waals surface area contributed by atoms with Crippen LogP contribution in [0.5, 0.6) is 0 Å². The summed E-state index contributed by atoms with van der Waals surface area (Å²) in [5.74, 6) is -2.27. The Morgan fingerprint density at radius 2 is 1.09 bits per heavy atom. The predicted molar refractivity (Wildman–Crippen MR) is 293 cm³/mol. The molecule has 5 aliphatic carbocycles. The zero-order valence-corrected chi connectivity index (χ0v) is 50.9. The van der Waals surface area contributed by atoms with E-state index in [-0.39, 0.29) is 34.0 Å². The first-order valence-electron chi connectivity index (χ1n) is 31.0. The summed E-state index contributed by atoms with van der Waals surface area (Å²) in [5, 5.41) is 162. The molecule has 10 rings (SSSR count). The van der Waals surface area contributed by atoms with Crippen molar-refractivity contribution in [2.24, 2.45) is 50.2 Å². The summed E-state index contributed by atoms with van der Waals surface area (Å²) >= 11 is 0. The molecule has 0 aromatic carbocycles. The van der Waals surface area contributed by atoms with Gasteiger partial charge < -0.3 is 124 Å². The Balaban J connectivity index is 0.826. The van der Waals surface area contributed by atoms with Gasteiger partial charge in [0, 0.05) is 0 Å². The van der Waals surface area contributed by atoms with Crippen LogP contribution in [0.2, 0.25) is 0 Å². The molecular formula is C60H96O27. The Morgan fingerprint density at radius 1 is 0.540 bits per heavy atom. The molecule has 15 N–H and O–H groups in total. The molecule has 5 aliphatic heterocycles. The zero-order chi connectivity index (χ0) is 63.7. The van der Waals surface area contributed by atoms with Crippen molar-refractivity contribution in [3.05, 3.63) is 11.6 Å². The number of aliphatic hydroxyl groups excluding tert-OH is 14. The first-order valence-corrected chi connectivity index (χ1v) is 31.0. The molecule has 0 amide bonds. The molecule has 33 atom stereocenters. The molecule has 5 saturated heterocycles. The Bertz CT molecular complexity index is 2480. The average molecular weight is 1250 g/mol. The van der Waals surface area contributed by atoms with Gasteiger partial charge in [-0.15, -0.1) is 0 Å². The number of fused-ring (bicyclic) bond motifs is 7. The van der Waals surface area contributed by atoms with E-state index in [4.69, 9.17) is 47.4 Å². The van der Waals surface area contributed by atoms with Crippen LogP contribution >= 0.6 is 0 Å². The van der Waals surface area contributed by atoms with Crippen molar-refractivity contribution in [2.75, 3.05) is 13.2 Å². The number of allylic oxidation sites excluding steroid dienone is 2. The molecule has 0 unspecified atom stereocenters. The van der Waals surface area contributed by atoms with Crippen LogP contribution in [0, 0.1) is 50.2 Å². The third-order valence-corrected chi connectivity index (χ3v) is 23.4. The number of esters is 1. The number of ether oxygens (including phenoxy) is 10. The molecule has 0 aromatic heterocycles. The minimum absolute atomic E-state index is 0.0528. The lowest BCUT2D eigenvalue weighted by molar-refractivity contribution is -0.363. The molecule has 10 aliphatic rings. The highest BCUT2D eigenvalue weighted by Gasteiger charge is 2.70.